The minimum absolute atomic E-state index is 0.0712. The molecule has 0 saturated heterocycles. The van der Waals surface area contributed by atoms with E-state index in [1.807, 2.05) is 13.0 Å². The van der Waals surface area contributed by atoms with Crippen LogP contribution in [-0.4, -0.2) is 18.0 Å². The van der Waals surface area contributed by atoms with E-state index in [0.29, 0.717) is 19.2 Å². The summed E-state index contributed by atoms with van der Waals surface area (Å²) in [6, 6.07) is 1.53. The zero-order valence-corrected chi connectivity index (χ0v) is 9.82. The molecule has 0 aliphatic carbocycles. The number of nitrogens with zero attached hydrogens (tertiary/aromatic N) is 2. The van der Waals surface area contributed by atoms with E-state index in [1.54, 1.807) is 4.90 Å². The van der Waals surface area contributed by atoms with Gasteiger partial charge in [0.1, 0.15) is 0 Å². The maximum Gasteiger partial charge on any atom is 0.307 e. The molecule has 18 heavy (non-hydrogen) atoms. The van der Waals surface area contributed by atoms with Crippen molar-refractivity contribution in [3.63, 3.8) is 0 Å². The molecule has 4 nitrogen and oxygen atoms in total. The summed E-state index contributed by atoms with van der Waals surface area (Å²) in [6.07, 6.45) is 2.71. The highest BCUT2D eigenvalue weighted by molar-refractivity contribution is 5.54. The molecule has 0 fully saturated rings. The van der Waals surface area contributed by atoms with Crippen molar-refractivity contribution in [1.82, 2.24) is 0 Å². The van der Waals surface area contributed by atoms with Crippen LogP contribution >= 0.6 is 0 Å². The van der Waals surface area contributed by atoms with E-state index >= 15 is 0 Å². The van der Waals surface area contributed by atoms with Gasteiger partial charge in [-0.05, 0) is 13.3 Å². The van der Waals surface area contributed by atoms with Gasteiger partial charge in [-0.25, -0.2) is 4.39 Å². The molecule has 0 amide bonds. The van der Waals surface area contributed by atoms with Gasteiger partial charge in [-0.1, -0.05) is 11.6 Å². The van der Waals surface area contributed by atoms with Gasteiger partial charge in [-0.15, -0.1) is 0 Å². The van der Waals surface area contributed by atoms with Crippen molar-refractivity contribution in [2.24, 2.45) is 0 Å². The summed E-state index contributed by atoms with van der Waals surface area (Å²) in [6.45, 7) is 3.04. The molecule has 0 atom stereocenters. The first kappa shape index (κ1) is 12.5. The Morgan fingerprint density at radius 2 is 2.06 bits per heavy atom. The van der Waals surface area contributed by atoms with Crippen molar-refractivity contribution in [2.45, 2.75) is 13.3 Å². The Morgan fingerprint density at radius 1 is 1.33 bits per heavy atom. The molecule has 1 aliphatic rings. The second kappa shape index (κ2) is 4.72. The van der Waals surface area contributed by atoms with Crippen LogP contribution in [0.1, 0.15) is 13.3 Å². The monoisotopic (exact) mass is 254 g/mol. The van der Waals surface area contributed by atoms with Crippen molar-refractivity contribution in [2.75, 3.05) is 18.0 Å². The molecule has 0 radical (unpaired) electrons. The molecule has 96 valence electrons. The summed E-state index contributed by atoms with van der Waals surface area (Å²) < 4.78 is 27.2. The summed E-state index contributed by atoms with van der Waals surface area (Å²) in [5, 5.41) is 10.5. The maximum absolute atomic E-state index is 13.7. The first-order valence-corrected chi connectivity index (χ1v) is 5.53. The van der Waals surface area contributed by atoms with Gasteiger partial charge in [-0.2, -0.15) is 4.39 Å². The minimum atomic E-state index is -1.01. The third kappa shape index (κ3) is 2.32. The van der Waals surface area contributed by atoms with Gasteiger partial charge in [0.15, 0.2) is 5.82 Å². The van der Waals surface area contributed by atoms with Crippen LogP contribution in [0, 0.1) is 21.7 Å². The van der Waals surface area contributed by atoms with Crippen LogP contribution in [0.4, 0.5) is 20.2 Å². The first-order valence-electron chi connectivity index (χ1n) is 5.53. The summed E-state index contributed by atoms with van der Waals surface area (Å²) >= 11 is 0. The second-order valence-corrected chi connectivity index (χ2v) is 4.26. The number of rotatable bonds is 2. The van der Waals surface area contributed by atoms with Crippen LogP contribution in [0.15, 0.2) is 23.8 Å². The van der Waals surface area contributed by atoms with E-state index in [9.17, 15) is 18.9 Å². The predicted molar refractivity (Wildman–Crippen MR) is 63.6 cm³/mol. The number of anilines is 1. The molecular formula is C12H12F2N2O2. The van der Waals surface area contributed by atoms with Crippen LogP contribution in [-0.2, 0) is 0 Å². The highest BCUT2D eigenvalue weighted by Crippen LogP contribution is 2.28. The molecule has 0 bridgehead atoms. The van der Waals surface area contributed by atoms with Gasteiger partial charge >= 0.3 is 5.69 Å². The van der Waals surface area contributed by atoms with Crippen molar-refractivity contribution in [3.05, 3.63) is 45.5 Å². The highest BCUT2D eigenvalue weighted by atomic mass is 19.1. The van der Waals surface area contributed by atoms with Crippen LogP contribution in [0.5, 0.6) is 0 Å². The number of hydrogen-bond acceptors (Lipinski definition) is 3. The van der Waals surface area contributed by atoms with E-state index in [1.165, 1.54) is 5.57 Å². The molecular weight excluding hydrogens is 242 g/mol. The number of nitro groups is 1. The third-order valence-electron chi connectivity index (χ3n) is 2.99. The Labute approximate surface area is 103 Å². The van der Waals surface area contributed by atoms with E-state index in [-0.39, 0.29) is 5.69 Å². The predicted octanol–water partition coefficient (Wildman–Crippen LogP) is 3.03. The summed E-state index contributed by atoms with van der Waals surface area (Å²) in [7, 11) is 0. The number of benzene rings is 1. The molecule has 1 aliphatic heterocycles. The lowest BCUT2D eigenvalue weighted by atomic mass is 10.1. The zero-order valence-electron chi connectivity index (χ0n) is 9.82. The van der Waals surface area contributed by atoms with Gasteiger partial charge in [-0.3, -0.25) is 10.1 Å². The third-order valence-corrected chi connectivity index (χ3v) is 2.99. The van der Waals surface area contributed by atoms with Crippen molar-refractivity contribution in [3.8, 4) is 0 Å². The zero-order chi connectivity index (χ0) is 13.3. The SMILES string of the molecule is CC1=CCN(c2cc(F)c([N+](=O)[O-])cc2F)CC1. The molecule has 0 spiro atoms. The standard InChI is InChI=1S/C12H12F2N2O2/c1-8-2-4-15(5-3-8)11-6-10(14)12(16(17)18)7-9(11)13/h2,6-7H,3-5H2,1H3. The number of nitro benzene ring substituents is 1. The minimum Gasteiger partial charge on any atom is -0.365 e. The van der Waals surface area contributed by atoms with E-state index in [4.69, 9.17) is 0 Å². The molecule has 1 aromatic carbocycles. The molecule has 6 heteroatoms. The van der Waals surface area contributed by atoms with Crippen LogP contribution in [0.2, 0.25) is 0 Å². The Hall–Kier alpha value is -1.98. The van der Waals surface area contributed by atoms with E-state index in [2.05, 4.69) is 0 Å². The van der Waals surface area contributed by atoms with E-state index in [0.717, 1.165) is 12.5 Å². The fraction of sp³-hybridized carbons (Fsp3) is 0.333. The lowest BCUT2D eigenvalue weighted by molar-refractivity contribution is -0.387. The van der Waals surface area contributed by atoms with Gasteiger partial charge in [0, 0.05) is 19.2 Å². The number of halogens is 2. The highest BCUT2D eigenvalue weighted by Gasteiger charge is 2.22. The average molecular weight is 254 g/mol. The molecule has 1 heterocycles. The second-order valence-electron chi connectivity index (χ2n) is 4.26. The lowest BCUT2D eigenvalue weighted by Crippen LogP contribution is -2.29. The molecule has 2 rings (SSSR count). The quantitative estimate of drug-likeness (QED) is 0.463. The Kier molecular flexibility index (Phi) is 3.27. The van der Waals surface area contributed by atoms with Crippen molar-refractivity contribution >= 4 is 11.4 Å². The lowest BCUT2D eigenvalue weighted by Gasteiger charge is -2.27. The average Bonchev–Trinajstić information content (AvgIpc) is 2.32. The van der Waals surface area contributed by atoms with Crippen LogP contribution < -0.4 is 4.90 Å². The Morgan fingerprint density at radius 3 is 2.61 bits per heavy atom. The molecule has 0 N–H and O–H groups in total. The molecule has 0 saturated carbocycles. The number of hydrogen-bond donors (Lipinski definition) is 0. The molecule has 0 unspecified atom stereocenters. The summed E-state index contributed by atoms with van der Waals surface area (Å²) in [5.74, 6) is -1.78. The topological polar surface area (TPSA) is 46.4 Å². The van der Waals surface area contributed by atoms with E-state index < -0.39 is 22.2 Å². The van der Waals surface area contributed by atoms with Gasteiger partial charge in [0.2, 0.25) is 5.82 Å². The maximum atomic E-state index is 13.7. The smallest absolute Gasteiger partial charge is 0.307 e. The summed E-state index contributed by atoms with van der Waals surface area (Å²) in [5.41, 5.74) is 0.441. The van der Waals surface area contributed by atoms with Gasteiger partial charge < -0.3 is 4.90 Å². The van der Waals surface area contributed by atoms with Crippen LogP contribution in [0.25, 0.3) is 0 Å². The van der Waals surface area contributed by atoms with Crippen molar-refractivity contribution in [1.29, 1.82) is 0 Å². The largest absolute Gasteiger partial charge is 0.365 e. The Bertz CT molecular complexity index is 529. The molecule has 0 aromatic heterocycles. The normalized spacial score (nSPS) is 15.5. The van der Waals surface area contributed by atoms with Crippen molar-refractivity contribution < 1.29 is 13.7 Å². The van der Waals surface area contributed by atoms with Gasteiger partial charge in [0.05, 0.1) is 16.7 Å². The fourth-order valence-electron chi connectivity index (χ4n) is 1.90. The summed E-state index contributed by atoms with van der Waals surface area (Å²) in [4.78, 5) is 11.2. The fourth-order valence-corrected chi connectivity index (χ4v) is 1.90. The van der Waals surface area contributed by atoms with Crippen LogP contribution in [0.3, 0.4) is 0 Å². The Balaban J connectivity index is 2.35. The molecule has 1 aromatic rings. The van der Waals surface area contributed by atoms with Gasteiger partial charge in [0.25, 0.3) is 0 Å². The first-order chi connectivity index (χ1) is 8.49.